The Labute approximate surface area is 745 Å². The molecule has 0 aliphatic carbocycles. The van der Waals surface area contributed by atoms with E-state index in [0.29, 0.717) is 121 Å². The van der Waals surface area contributed by atoms with Crippen LogP contribution in [0.1, 0.15) is 5.56 Å². The highest BCUT2D eigenvalue weighted by Crippen LogP contribution is 2.47. The summed E-state index contributed by atoms with van der Waals surface area (Å²) >= 11 is 0. The van der Waals surface area contributed by atoms with Gasteiger partial charge in [-0.2, -0.15) is 5.26 Å². The number of nitriles is 1. The van der Waals surface area contributed by atoms with Gasteiger partial charge in [-0.25, -0.2) is 74.8 Å². The summed E-state index contributed by atoms with van der Waals surface area (Å²) in [6.07, 6.45) is 0. The van der Waals surface area contributed by atoms with Crippen molar-refractivity contribution in [2.24, 2.45) is 0 Å². The number of rotatable bonds is 18. The molecule has 0 saturated carbocycles. The van der Waals surface area contributed by atoms with Gasteiger partial charge in [0.2, 0.25) is 0 Å². The number of fused-ring (bicyclic) bond motifs is 6. The van der Waals surface area contributed by atoms with Gasteiger partial charge in [-0.15, -0.1) is 0 Å². The van der Waals surface area contributed by atoms with Crippen LogP contribution in [0.5, 0.6) is 0 Å². The van der Waals surface area contributed by atoms with Gasteiger partial charge in [0.15, 0.2) is 87.4 Å². The van der Waals surface area contributed by atoms with E-state index in [9.17, 15) is 5.26 Å². The molecule has 0 bridgehead atoms. The molecule has 7 aromatic heterocycles. The maximum Gasteiger partial charge on any atom is 0.164 e. The van der Waals surface area contributed by atoms with E-state index in [1.165, 1.54) is 0 Å². The van der Waals surface area contributed by atoms with Crippen LogP contribution in [-0.2, 0) is 0 Å². The van der Waals surface area contributed by atoms with E-state index in [0.717, 1.165) is 122 Å². The van der Waals surface area contributed by atoms with Crippen LogP contribution in [0.4, 0.5) is 0 Å². The van der Waals surface area contributed by atoms with Crippen LogP contribution in [0, 0.1) is 11.3 Å². The van der Waals surface area contributed by atoms with Crippen molar-refractivity contribution in [2.45, 2.75) is 0 Å². The molecule has 0 aliphatic rings. The maximum atomic E-state index is 12.3. The minimum absolute atomic E-state index is 0.380. The van der Waals surface area contributed by atoms with Gasteiger partial charge in [-0.3, -0.25) is 0 Å². The average Bonchev–Trinajstić information content (AvgIpc) is 1.56. The Morgan fingerprint density at radius 3 is 0.554 bits per heavy atom. The van der Waals surface area contributed by atoms with Crippen LogP contribution in [0.25, 0.3) is 237 Å². The Hall–Kier alpha value is -18.3. The fourth-order valence-corrected chi connectivity index (χ4v) is 17.0. The molecule has 0 amide bonds. The summed E-state index contributed by atoms with van der Waals surface area (Å²) in [6, 6.07) is 140. The minimum atomic E-state index is 0.380. The Morgan fingerprint density at radius 2 is 0.346 bits per heavy atom. The number of hydrogen-bond donors (Lipinski definition) is 0. The molecule has 0 N–H and O–H groups in total. The fourth-order valence-electron chi connectivity index (χ4n) is 17.0. The molecule has 130 heavy (non-hydrogen) atoms. The van der Waals surface area contributed by atoms with Crippen molar-refractivity contribution in [3.05, 3.63) is 418 Å². The van der Waals surface area contributed by atoms with Crippen molar-refractivity contribution in [1.29, 1.82) is 5.26 Å². The molecule has 23 rings (SSSR count). The highest BCUT2D eigenvalue weighted by Gasteiger charge is 2.29. The zero-order valence-electron chi connectivity index (χ0n) is 69.3. The van der Waals surface area contributed by atoms with E-state index < -0.39 is 0 Å². The molecule has 0 aliphatic heterocycles. The monoisotopic (exact) mass is 1660 g/mol. The molecule has 7 heterocycles. The normalized spacial score (nSPS) is 11.4. The summed E-state index contributed by atoms with van der Waals surface area (Å²) < 4.78 is 4.55. The third-order valence-corrected chi connectivity index (χ3v) is 23.2. The van der Waals surface area contributed by atoms with Crippen molar-refractivity contribution < 1.29 is 0 Å². The standard InChI is InChI=1S/C112H68N18/c113-69-85-52-31-53-96(130-93-61-56-82(110-123-102(74-40-19-5-20-41-74)116-103(124-110)75-42-21-6-22-43-75)66-88(93)89-67-83(57-62-94(89)130)111-125-104(76-44-23-7-24-45-76)117-105(126-111)77-46-25-8-26-47-77)97(85)90-68-84(112-127-106(78-48-27-9-28-49-78)118-107(128-112)79-50-29-10-30-51-79)58-63-95(90)129-91-59-54-80(108-119-98(70-32-11-1-12-33-70)114-99(120-108)71-34-13-2-14-35-71)64-86(91)87-65-81(55-60-92(87)129)109-121-100(72-36-15-3-16-37-72)115-101(122-109)73-38-17-4-18-39-73/h1-68H. The summed E-state index contributed by atoms with van der Waals surface area (Å²) in [5, 5.41) is 15.7. The Kier molecular flexibility index (Phi) is 19.5. The number of aromatic nitrogens is 17. The van der Waals surface area contributed by atoms with E-state index in [1.807, 2.05) is 315 Å². The predicted octanol–water partition coefficient (Wildman–Crippen LogP) is 25.3. The van der Waals surface area contributed by atoms with E-state index in [2.05, 4.69) is 112 Å². The molecule has 0 fully saturated rings. The third kappa shape index (κ3) is 14.5. The van der Waals surface area contributed by atoms with Crippen LogP contribution >= 0.6 is 0 Å². The van der Waals surface area contributed by atoms with E-state index in [1.54, 1.807) is 0 Å². The van der Waals surface area contributed by atoms with Crippen molar-refractivity contribution in [3.8, 4) is 199 Å². The average molecular weight is 1670 g/mol. The topological polar surface area (TPSA) is 227 Å². The lowest BCUT2D eigenvalue weighted by Gasteiger charge is -2.21. The molecule has 0 radical (unpaired) electrons. The Morgan fingerprint density at radius 1 is 0.162 bits per heavy atom. The lowest BCUT2D eigenvalue weighted by molar-refractivity contribution is 1.07. The molecular formula is C112H68N18. The highest BCUT2D eigenvalue weighted by molar-refractivity contribution is 6.14. The minimum Gasteiger partial charge on any atom is -0.309 e. The summed E-state index contributed by atoms with van der Waals surface area (Å²) in [7, 11) is 0. The molecule has 0 unspecified atom stereocenters. The second kappa shape index (κ2) is 33.0. The second-order valence-electron chi connectivity index (χ2n) is 31.3. The van der Waals surface area contributed by atoms with Gasteiger partial charge >= 0.3 is 0 Å². The molecule has 0 spiro atoms. The second-order valence-corrected chi connectivity index (χ2v) is 31.3. The predicted molar refractivity (Wildman–Crippen MR) is 514 cm³/mol. The van der Waals surface area contributed by atoms with Crippen molar-refractivity contribution in [3.63, 3.8) is 0 Å². The first kappa shape index (κ1) is 76.5. The molecule has 0 saturated heterocycles. The van der Waals surface area contributed by atoms with Crippen molar-refractivity contribution in [1.82, 2.24) is 83.9 Å². The maximum absolute atomic E-state index is 12.3. The first-order valence-electron chi connectivity index (χ1n) is 42.6. The largest absolute Gasteiger partial charge is 0.309 e. The summed E-state index contributed by atoms with van der Waals surface area (Å²) in [5.41, 5.74) is 18.2. The Balaban J connectivity index is 0.802. The molecule has 18 nitrogen and oxygen atoms in total. The van der Waals surface area contributed by atoms with Crippen LogP contribution in [-0.4, -0.2) is 83.9 Å². The van der Waals surface area contributed by atoms with E-state index in [4.69, 9.17) is 74.8 Å². The van der Waals surface area contributed by atoms with Crippen LogP contribution in [0.3, 0.4) is 0 Å². The van der Waals surface area contributed by atoms with Gasteiger partial charge in [0.1, 0.15) is 0 Å². The third-order valence-electron chi connectivity index (χ3n) is 23.2. The van der Waals surface area contributed by atoms with Crippen LogP contribution in [0.2, 0.25) is 0 Å². The molecule has 18 heteroatoms. The first-order chi connectivity index (χ1) is 64.3. The van der Waals surface area contributed by atoms with Crippen molar-refractivity contribution >= 4 is 43.6 Å². The van der Waals surface area contributed by atoms with Gasteiger partial charge in [0.25, 0.3) is 0 Å². The summed E-state index contributed by atoms with van der Waals surface area (Å²) in [5.74, 6) is 7.42. The number of benzene rings is 16. The highest BCUT2D eigenvalue weighted by atomic mass is 15.1. The van der Waals surface area contributed by atoms with Crippen LogP contribution in [0.15, 0.2) is 413 Å². The molecular weight excluding hydrogens is 1600 g/mol. The van der Waals surface area contributed by atoms with E-state index in [-0.39, 0.29) is 0 Å². The zero-order valence-corrected chi connectivity index (χ0v) is 69.3. The molecule has 16 aromatic carbocycles. The van der Waals surface area contributed by atoms with Crippen LogP contribution < -0.4 is 0 Å². The summed E-state index contributed by atoms with van der Waals surface area (Å²) in [4.78, 5) is 78.9. The molecule has 606 valence electrons. The first-order valence-corrected chi connectivity index (χ1v) is 42.6. The molecule has 23 aromatic rings. The van der Waals surface area contributed by atoms with Gasteiger partial charge < -0.3 is 9.13 Å². The fraction of sp³-hybridized carbons (Fsp3) is 0. The molecule has 0 atom stereocenters. The van der Waals surface area contributed by atoms with Crippen molar-refractivity contribution in [2.75, 3.05) is 0 Å². The zero-order chi connectivity index (χ0) is 86.4. The lowest BCUT2D eigenvalue weighted by Crippen LogP contribution is -2.05. The summed E-state index contributed by atoms with van der Waals surface area (Å²) in [6.45, 7) is 0. The van der Waals surface area contributed by atoms with Gasteiger partial charge in [0.05, 0.1) is 45.1 Å². The number of nitrogens with zero attached hydrogens (tertiary/aromatic N) is 18. The Bertz CT molecular complexity index is 7660. The van der Waals surface area contributed by atoms with Gasteiger partial charge in [0, 0.05) is 116 Å². The number of hydrogen-bond acceptors (Lipinski definition) is 16. The SMILES string of the molecule is N#Cc1cccc(-n2c3ccc(-c4nc(-c5ccccc5)nc(-c5ccccc5)n4)cc3c3cc(-c4nc(-c5ccccc5)nc(-c5ccccc5)n4)ccc32)c1-c1cc(-c2nc(-c3ccccc3)nc(-c3ccccc3)n2)ccc1-n1c2ccc(-c3nc(-c4ccccc4)nc(-c4ccccc4)n3)cc2c2cc(-c3nc(-c4ccccc4)nc(-c4ccccc4)n3)ccc21. The van der Waals surface area contributed by atoms with Gasteiger partial charge in [-0.1, -0.05) is 309 Å². The smallest absolute Gasteiger partial charge is 0.164 e. The quantitative estimate of drug-likeness (QED) is 0.0778. The van der Waals surface area contributed by atoms with E-state index >= 15 is 0 Å². The lowest BCUT2D eigenvalue weighted by atomic mass is 9.94. The van der Waals surface area contributed by atoms with Gasteiger partial charge in [-0.05, 0) is 103 Å².